The number of nitrogens with zero attached hydrogens (tertiary/aromatic N) is 2. The molecule has 0 aromatic heterocycles. The Bertz CT molecular complexity index is 619. The van der Waals surface area contributed by atoms with Gasteiger partial charge < -0.3 is 15.4 Å². The fourth-order valence-electron chi connectivity index (χ4n) is 1.93. The van der Waals surface area contributed by atoms with Crippen LogP contribution in [0.1, 0.15) is 5.56 Å². The largest absolute Gasteiger partial charge is 0.490 e. The minimum atomic E-state index is 0.504. The summed E-state index contributed by atoms with van der Waals surface area (Å²) in [6.45, 7) is 1.18. The topological polar surface area (TPSA) is 62.3 Å². The molecule has 0 aliphatic carbocycles. The number of hydrogen-bond acceptors (Lipinski definition) is 4. The summed E-state index contributed by atoms with van der Waals surface area (Å²) in [6.07, 6.45) is 0. The average molecular weight is 267 g/mol. The van der Waals surface area contributed by atoms with Crippen molar-refractivity contribution < 1.29 is 4.74 Å². The molecule has 0 aliphatic rings. The summed E-state index contributed by atoms with van der Waals surface area (Å²) in [6, 6.07) is 17.1. The maximum atomic E-state index is 9.08. The highest BCUT2D eigenvalue weighted by atomic mass is 16.5. The van der Waals surface area contributed by atoms with Crippen LogP contribution in [-0.4, -0.2) is 20.2 Å². The Hall–Kier alpha value is -2.67. The Morgan fingerprint density at radius 1 is 1.15 bits per heavy atom. The van der Waals surface area contributed by atoms with Crippen LogP contribution in [0.5, 0.6) is 5.75 Å². The minimum absolute atomic E-state index is 0.504. The van der Waals surface area contributed by atoms with E-state index in [1.165, 1.54) is 0 Å². The van der Waals surface area contributed by atoms with E-state index in [2.05, 4.69) is 6.07 Å². The van der Waals surface area contributed by atoms with E-state index in [1.807, 2.05) is 60.5 Å². The second kappa shape index (κ2) is 6.48. The number of ether oxygens (including phenoxy) is 1. The summed E-state index contributed by atoms with van der Waals surface area (Å²) in [5.74, 6) is 0.689. The van der Waals surface area contributed by atoms with Gasteiger partial charge in [-0.05, 0) is 24.3 Å². The van der Waals surface area contributed by atoms with Crippen molar-refractivity contribution in [3.05, 3.63) is 54.1 Å². The Balaban J connectivity index is 1.95. The number of nitrogen functional groups attached to an aromatic ring is 1. The van der Waals surface area contributed by atoms with Crippen LogP contribution in [0, 0.1) is 11.3 Å². The summed E-state index contributed by atoms with van der Waals surface area (Å²) in [5.41, 5.74) is 8.01. The predicted molar refractivity (Wildman–Crippen MR) is 80.8 cm³/mol. The first-order valence-corrected chi connectivity index (χ1v) is 6.40. The van der Waals surface area contributed by atoms with Gasteiger partial charge in [0.1, 0.15) is 18.4 Å². The van der Waals surface area contributed by atoms with Crippen molar-refractivity contribution in [1.82, 2.24) is 0 Å². The van der Waals surface area contributed by atoms with Crippen LogP contribution in [0.2, 0.25) is 0 Å². The van der Waals surface area contributed by atoms with Crippen LogP contribution < -0.4 is 15.4 Å². The quantitative estimate of drug-likeness (QED) is 0.846. The van der Waals surface area contributed by atoms with Crippen LogP contribution in [0.25, 0.3) is 0 Å². The number of likely N-dealkylation sites (N-methyl/N-ethyl adjacent to an activating group) is 1. The van der Waals surface area contributed by atoms with Crippen LogP contribution in [0.4, 0.5) is 11.4 Å². The van der Waals surface area contributed by atoms with Crippen molar-refractivity contribution in [2.75, 3.05) is 30.8 Å². The number of hydrogen-bond donors (Lipinski definition) is 1. The molecule has 102 valence electrons. The molecule has 0 saturated carbocycles. The van der Waals surface area contributed by atoms with Gasteiger partial charge in [0.15, 0.2) is 0 Å². The van der Waals surface area contributed by atoms with E-state index in [0.717, 1.165) is 5.69 Å². The molecular weight excluding hydrogens is 250 g/mol. The first-order chi connectivity index (χ1) is 9.72. The van der Waals surface area contributed by atoms with E-state index in [-0.39, 0.29) is 0 Å². The molecule has 2 rings (SSSR count). The van der Waals surface area contributed by atoms with Gasteiger partial charge in [0.2, 0.25) is 0 Å². The summed E-state index contributed by atoms with van der Waals surface area (Å²) < 4.78 is 5.65. The summed E-state index contributed by atoms with van der Waals surface area (Å²) in [7, 11) is 1.94. The lowest BCUT2D eigenvalue weighted by atomic mass is 10.2. The predicted octanol–water partition coefficient (Wildman–Crippen LogP) is 2.66. The molecule has 0 saturated heterocycles. The van der Waals surface area contributed by atoms with Crippen molar-refractivity contribution in [1.29, 1.82) is 5.26 Å². The molecule has 2 aromatic carbocycles. The molecule has 0 aliphatic heterocycles. The zero-order chi connectivity index (χ0) is 14.4. The van der Waals surface area contributed by atoms with Crippen LogP contribution in [-0.2, 0) is 0 Å². The van der Waals surface area contributed by atoms with E-state index in [4.69, 9.17) is 15.7 Å². The van der Waals surface area contributed by atoms with E-state index in [9.17, 15) is 0 Å². The van der Waals surface area contributed by atoms with Crippen molar-refractivity contribution in [2.24, 2.45) is 0 Å². The molecule has 0 radical (unpaired) electrons. The van der Waals surface area contributed by atoms with Gasteiger partial charge in [0.05, 0.1) is 23.5 Å². The van der Waals surface area contributed by atoms with Gasteiger partial charge in [0, 0.05) is 7.05 Å². The van der Waals surface area contributed by atoms with Gasteiger partial charge in [-0.3, -0.25) is 0 Å². The molecule has 0 atom stereocenters. The summed E-state index contributed by atoms with van der Waals surface area (Å²) >= 11 is 0. The first kappa shape index (κ1) is 13.8. The third-order valence-corrected chi connectivity index (χ3v) is 3.04. The lowest BCUT2D eigenvalue weighted by molar-refractivity contribution is 0.327. The highest BCUT2D eigenvalue weighted by Gasteiger charge is 2.06. The fraction of sp³-hybridized carbons (Fsp3) is 0.188. The molecule has 0 unspecified atom stereocenters. The van der Waals surface area contributed by atoms with Crippen molar-refractivity contribution in [3.8, 4) is 11.8 Å². The second-order valence-electron chi connectivity index (χ2n) is 4.44. The molecule has 4 heteroatoms. The molecule has 0 bridgehead atoms. The maximum Gasteiger partial charge on any atom is 0.142 e. The number of anilines is 2. The van der Waals surface area contributed by atoms with Crippen LogP contribution in [0.3, 0.4) is 0 Å². The van der Waals surface area contributed by atoms with Crippen LogP contribution in [0.15, 0.2) is 48.5 Å². The van der Waals surface area contributed by atoms with Crippen molar-refractivity contribution in [2.45, 2.75) is 0 Å². The highest BCUT2D eigenvalue weighted by molar-refractivity contribution is 5.58. The zero-order valence-corrected chi connectivity index (χ0v) is 11.4. The van der Waals surface area contributed by atoms with Gasteiger partial charge in [-0.15, -0.1) is 0 Å². The van der Waals surface area contributed by atoms with E-state index < -0.39 is 0 Å². The molecule has 0 amide bonds. The van der Waals surface area contributed by atoms with Gasteiger partial charge in [-0.1, -0.05) is 24.3 Å². The number of para-hydroxylation sites is 3. The first-order valence-electron chi connectivity index (χ1n) is 6.40. The third kappa shape index (κ3) is 3.21. The van der Waals surface area contributed by atoms with Gasteiger partial charge >= 0.3 is 0 Å². The maximum absolute atomic E-state index is 9.08. The van der Waals surface area contributed by atoms with E-state index in [0.29, 0.717) is 30.2 Å². The number of nitriles is 1. The second-order valence-corrected chi connectivity index (χ2v) is 4.44. The lowest BCUT2D eigenvalue weighted by Gasteiger charge is -2.20. The Kier molecular flexibility index (Phi) is 4.46. The number of benzene rings is 2. The standard InChI is InChI=1S/C16H17N3O/c1-19(15-8-4-2-6-13(15)12-17)10-11-20-16-9-5-3-7-14(16)18/h2-9H,10-11,18H2,1H3. The van der Waals surface area contributed by atoms with Gasteiger partial charge in [-0.25, -0.2) is 0 Å². The molecule has 2 N–H and O–H groups in total. The summed E-state index contributed by atoms with van der Waals surface area (Å²) in [5, 5.41) is 9.08. The Morgan fingerprint density at radius 2 is 1.85 bits per heavy atom. The smallest absolute Gasteiger partial charge is 0.142 e. The molecule has 0 spiro atoms. The lowest BCUT2D eigenvalue weighted by Crippen LogP contribution is -2.24. The minimum Gasteiger partial charge on any atom is -0.490 e. The Morgan fingerprint density at radius 3 is 2.60 bits per heavy atom. The molecular formula is C16H17N3O. The SMILES string of the molecule is CN(CCOc1ccccc1N)c1ccccc1C#N. The van der Waals surface area contributed by atoms with Crippen molar-refractivity contribution in [3.63, 3.8) is 0 Å². The fourth-order valence-corrected chi connectivity index (χ4v) is 1.93. The number of nitrogens with two attached hydrogens (primary N) is 1. The van der Waals surface area contributed by atoms with Gasteiger partial charge in [0.25, 0.3) is 0 Å². The number of rotatable bonds is 5. The average Bonchev–Trinajstić information content (AvgIpc) is 2.49. The Labute approximate surface area is 119 Å². The van der Waals surface area contributed by atoms with Crippen molar-refractivity contribution >= 4 is 11.4 Å². The zero-order valence-electron chi connectivity index (χ0n) is 11.4. The van der Waals surface area contributed by atoms with Gasteiger partial charge in [-0.2, -0.15) is 5.26 Å². The molecule has 2 aromatic rings. The highest BCUT2D eigenvalue weighted by Crippen LogP contribution is 2.20. The molecule has 20 heavy (non-hydrogen) atoms. The normalized spacial score (nSPS) is 9.80. The molecule has 0 fully saturated rings. The summed E-state index contributed by atoms with van der Waals surface area (Å²) in [4.78, 5) is 2.00. The van der Waals surface area contributed by atoms with E-state index in [1.54, 1.807) is 0 Å². The molecule has 0 heterocycles. The molecule has 4 nitrogen and oxygen atoms in total. The van der Waals surface area contributed by atoms with Crippen LogP contribution >= 0.6 is 0 Å². The monoisotopic (exact) mass is 267 g/mol. The third-order valence-electron chi connectivity index (χ3n) is 3.04. The van der Waals surface area contributed by atoms with E-state index >= 15 is 0 Å².